The van der Waals surface area contributed by atoms with Crippen molar-refractivity contribution in [3.63, 3.8) is 0 Å². The molecular formula is C8H15NO5. The maximum Gasteiger partial charge on any atom is 0.317 e. The summed E-state index contributed by atoms with van der Waals surface area (Å²) >= 11 is 0. The second-order valence-corrected chi connectivity index (χ2v) is 3.59. The monoisotopic (exact) mass is 205 g/mol. The summed E-state index contributed by atoms with van der Waals surface area (Å²) in [7, 11) is 0. The molecule has 6 heteroatoms. The number of aliphatic hydroxyl groups is 3. The van der Waals surface area contributed by atoms with Gasteiger partial charge >= 0.3 is 5.97 Å². The predicted octanol–water partition coefficient (Wildman–Crippen LogP) is -2.28. The van der Waals surface area contributed by atoms with E-state index in [1.165, 1.54) is 4.90 Å². The van der Waals surface area contributed by atoms with E-state index >= 15 is 0 Å². The fraction of sp³-hybridized carbons (Fsp3) is 0.875. The molecule has 0 radical (unpaired) electrons. The van der Waals surface area contributed by atoms with Gasteiger partial charge in [0.25, 0.3) is 0 Å². The number of rotatable bonds is 3. The van der Waals surface area contributed by atoms with E-state index in [2.05, 4.69) is 0 Å². The molecule has 3 atom stereocenters. The fourth-order valence-corrected chi connectivity index (χ4v) is 1.69. The molecule has 1 rings (SSSR count). The summed E-state index contributed by atoms with van der Waals surface area (Å²) in [5.41, 5.74) is 0. The standard InChI is InChI=1S/C8H15NO5/c10-4-5-1-9(3-7(12)13)2-6(11)8(5)14/h5-6,8,10-11,14H,1-4H2,(H,12,13)/t5-,6-,8-/m0/s1. The molecule has 1 saturated heterocycles. The van der Waals surface area contributed by atoms with Crippen molar-refractivity contribution in [2.45, 2.75) is 12.2 Å². The molecule has 0 spiro atoms. The van der Waals surface area contributed by atoms with Crippen molar-refractivity contribution >= 4 is 5.97 Å². The lowest BCUT2D eigenvalue weighted by atomic mass is 9.93. The number of nitrogens with zero attached hydrogens (tertiary/aromatic N) is 1. The third-order valence-electron chi connectivity index (χ3n) is 2.41. The predicted molar refractivity (Wildman–Crippen MR) is 46.7 cm³/mol. The molecule has 14 heavy (non-hydrogen) atoms. The Hall–Kier alpha value is -0.690. The van der Waals surface area contributed by atoms with Crippen LogP contribution in [-0.2, 0) is 4.79 Å². The molecule has 1 fully saturated rings. The van der Waals surface area contributed by atoms with Gasteiger partial charge in [0.1, 0.15) is 0 Å². The quantitative estimate of drug-likeness (QED) is 0.414. The van der Waals surface area contributed by atoms with Gasteiger partial charge in [-0.25, -0.2) is 0 Å². The zero-order valence-corrected chi connectivity index (χ0v) is 7.70. The van der Waals surface area contributed by atoms with E-state index in [4.69, 9.17) is 10.2 Å². The van der Waals surface area contributed by atoms with Crippen molar-refractivity contribution in [3.8, 4) is 0 Å². The van der Waals surface area contributed by atoms with Crippen LogP contribution in [0.15, 0.2) is 0 Å². The summed E-state index contributed by atoms with van der Waals surface area (Å²) in [6, 6.07) is 0. The number of carboxylic acid groups (broad SMARTS) is 1. The molecule has 6 nitrogen and oxygen atoms in total. The van der Waals surface area contributed by atoms with E-state index in [0.717, 1.165) is 0 Å². The number of aliphatic carboxylic acids is 1. The van der Waals surface area contributed by atoms with Crippen LogP contribution in [0.25, 0.3) is 0 Å². The number of hydrogen-bond donors (Lipinski definition) is 4. The van der Waals surface area contributed by atoms with Gasteiger partial charge in [0.2, 0.25) is 0 Å². The highest BCUT2D eigenvalue weighted by molar-refractivity contribution is 5.69. The molecule has 0 bridgehead atoms. The van der Waals surface area contributed by atoms with Gasteiger partial charge in [-0.3, -0.25) is 9.69 Å². The first kappa shape index (κ1) is 11.4. The van der Waals surface area contributed by atoms with Gasteiger partial charge in [-0.05, 0) is 0 Å². The molecular weight excluding hydrogens is 190 g/mol. The Morgan fingerprint density at radius 2 is 2.00 bits per heavy atom. The van der Waals surface area contributed by atoms with Crippen LogP contribution in [0, 0.1) is 5.92 Å². The average Bonchev–Trinajstić information content (AvgIpc) is 2.10. The van der Waals surface area contributed by atoms with Crippen LogP contribution < -0.4 is 0 Å². The Kier molecular flexibility index (Phi) is 3.82. The molecule has 0 aromatic rings. The van der Waals surface area contributed by atoms with Crippen molar-refractivity contribution < 1.29 is 25.2 Å². The summed E-state index contributed by atoms with van der Waals surface area (Å²) in [4.78, 5) is 11.9. The third-order valence-corrected chi connectivity index (χ3v) is 2.41. The summed E-state index contributed by atoms with van der Waals surface area (Å²) in [5, 5.41) is 36.2. The van der Waals surface area contributed by atoms with Crippen LogP contribution in [0.2, 0.25) is 0 Å². The summed E-state index contributed by atoms with van der Waals surface area (Å²) in [6.45, 7) is -0.0143. The first-order valence-electron chi connectivity index (χ1n) is 4.45. The number of β-amino-alcohol motifs (C(OH)–C–C–N with tert-alkyl or cyclic N) is 1. The molecule has 0 amide bonds. The lowest BCUT2D eigenvalue weighted by Crippen LogP contribution is -2.54. The normalized spacial score (nSPS) is 34.4. The number of carbonyl (C=O) groups is 1. The minimum atomic E-state index is -0.986. The first-order chi connectivity index (χ1) is 6.54. The smallest absolute Gasteiger partial charge is 0.317 e. The molecule has 0 unspecified atom stereocenters. The zero-order chi connectivity index (χ0) is 10.7. The number of hydrogen-bond acceptors (Lipinski definition) is 5. The summed E-state index contributed by atoms with van der Waals surface area (Å²) < 4.78 is 0. The van der Waals surface area contributed by atoms with Crippen LogP contribution in [-0.4, -0.2) is 69.7 Å². The number of piperidine rings is 1. The van der Waals surface area contributed by atoms with Crippen molar-refractivity contribution in [2.75, 3.05) is 26.2 Å². The van der Waals surface area contributed by atoms with Crippen molar-refractivity contribution in [2.24, 2.45) is 5.92 Å². The molecule has 0 aliphatic carbocycles. The Balaban J connectivity index is 2.53. The minimum Gasteiger partial charge on any atom is -0.480 e. The highest BCUT2D eigenvalue weighted by atomic mass is 16.4. The maximum atomic E-state index is 10.4. The Morgan fingerprint density at radius 1 is 1.36 bits per heavy atom. The first-order valence-corrected chi connectivity index (χ1v) is 4.45. The lowest BCUT2D eigenvalue weighted by Gasteiger charge is -2.37. The molecule has 0 saturated carbocycles. The Bertz CT molecular complexity index is 210. The minimum absolute atomic E-state index is 0.129. The highest BCUT2D eigenvalue weighted by Crippen LogP contribution is 2.16. The SMILES string of the molecule is O=C(O)CN1C[C@@H](CO)[C@H](O)[C@@H](O)C1. The van der Waals surface area contributed by atoms with E-state index in [0.29, 0.717) is 6.54 Å². The van der Waals surface area contributed by atoms with E-state index < -0.39 is 24.1 Å². The maximum absolute atomic E-state index is 10.4. The summed E-state index contributed by atoms with van der Waals surface area (Å²) in [5.74, 6) is -1.46. The van der Waals surface area contributed by atoms with Gasteiger partial charge in [-0.2, -0.15) is 0 Å². The second kappa shape index (κ2) is 4.70. The lowest BCUT2D eigenvalue weighted by molar-refractivity contribution is -0.142. The van der Waals surface area contributed by atoms with E-state index in [-0.39, 0.29) is 19.7 Å². The molecule has 1 aliphatic rings. The third kappa shape index (κ3) is 2.65. The topological polar surface area (TPSA) is 101 Å². The van der Waals surface area contributed by atoms with Crippen molar-refractivity contribution in [3.05, 3.63) is 0 Å². The molecule has 0 aromatic heterocycles. The number of carboxylic acids is 1. The molecule has 82 valence electrons. The summed E-state index contributed by atoms with van der Waals surface area (Å²) in [6.07, 6.45) is -1.95. The van der Waals surface area contributed by atoms with Gasteiger partial charge in [0, 0.05) is 25.6 Å². The van der Waals surface area contributed by atoms with Gasteiger partial charge in [0.15, 0.2) is 0 Å². The average molecular weight is 205 g/mol. The van der Waals surface area contributed by atoms with Crippen molar-refractivity contribution in [1.29, 1.82) is 0 Å². The molecule has 4 N–H and O–H groups in total. The van der Waals surface area contributed by atoms with Gasteiger partial charge in [-0.1, -0.05) is 0 Å². The Labute approximate surface area is 81.4 Å². The van der Waals surface area contributed by atoms with E-state index in [1.54, 1.807) is 0 Å². The van der Waals surface area contributed by atoms with Crippen molar-refractivity contribution in [1.82, 2.24) is 4.90 Å². The largest absolute Gasteiger partial charge is 0.480 e. The number of likely N-dealkylation sites (tertiary alicyclic amines) is 1. The van der Waals surface area contributed by atoms with Crippen LogP contribution in [0.1, 0.15) is 0 Å². The molecule has 1 heterocycles. The van der Waals surface area contributed by atoms with Gasteiger partial charge in [0.05, 0.1) is 18.8 Å². The molecule has 0 aromatic carbocycles. The van der Waals surface area contributed by atoms with Crippen LogP contribution in [0.3, 0.4) is 0 Å². The van der Waals surface area contributed by atoms with E-state index in [1.807, 2.05) is 0 Å². The molecule has 1 aliphatic heterocycles. The van der Waals surface area contributed by atoms with Gasteiger partial charge in [-0.15, -0.1) is 0 Å². The highest BCUT2D eigenvalue weighted by Gasteiger charge is 2.34. The fourth-order valence-electron chi connectivity index (χ4n) is 1.69. The second-order valence-electron chi connectivity index (χ2n) is 3.59. The Morgan fingerprint density at radius 3 is 2.50 bits per heavy atom. The van der Waals surface area contributed by atoms with Crippen LogP contribution in [0.4, 0.5) is 0 Å². The zero-order valence-electron chi connectivity index (χ0n) is 7.70. The number of aliphatic hydroxyl groups excluding tert-OH is 3. The van der Waals surface area contributed by atoms with E-state index in [9.17, 15) is 15.0 Å². The van der Waals surface area contributed by atoms with Gasteiger partial charge < -0.3 is 20.4 Å². The van der Waals surface area contributed by atoms with Crippen LogP contribution in [0.5, 0.6) is 0 Å². The van der Waals surface area contributed by atoms with Crippen LogP contribution >= 0.6 is 0 Å².